The minimum atomic E-state index is -0.522. The average Bonchev–Trinajstić information content (AvgIpc) is 2.85. The molecule has 0 atom stereocenters. The van der Waals surface area contributed by atoms with Crippen LogP contribution < -0.4 is 16.7 Å². The van der Waals surface area contributed by atoms with E-state index in [-0.39, 0.29) is 11.2 Å². The molecule has 2 heterocycles. The number of imidazole rings is 1. The third-order valence-corrected chi connectivity index (χ3v) is 3.75. The number of aromatic nitrogens is 4. The maximum Gasteiger partial charge on any atom is 0.329 e. The molecule has 0 spiro atoms. The van der Waals surface area contributed by atoms with Crippen LogP contribution in [0.2, 0.25) is 5.02 Å². The van der Waals surface area contributed by atoms with Gasteiger partial charge < -0.3 is 4.57 Å². The molecule has 0 saturated heterocycles. The van der Waals surface area contributed by atoms with Gasteiger partial charge in [-0.05, 0) is 6.07 Å². The molecular weight excluding hydrogens is 320 g/mol. The zero-order chi connectivity index (χ0) is 16.6. The number of anilines is 1. The molecule has 0 bridgehead atoms. The molecule has 0 aliphatic carbocycles. The van der Waals surface area contributed by atoms with Gasteiger partial charge in [0.1, 0.15) is 0 Å². The lowest BCUT2D eigenvalue weighted by Crippen LogP contribution is -2.29. The third kappa shape index (κ3) is 2.64. The first-order chi connectivity index (χ1) is 11.0. The first-order valence-corrected chi connectivity index (χ1v) is 7.06. The Morgan fingerprint density at radius 3 is 2.74 bits per heavy atom. The molecule has 0 radical (unpaired) electrons. The summed E-state index contributed by atoms with van der Waals surface area (Å²) < 4.78 is 2.79. The minimum absolute atomic E-state index is 0.275. The first kappa shape index (κ1) is 15.0. The number of nitrogens with one attached hydrogen (secondary N) is 2. The second-order valence-electron chi connectivity index (χ2n) is 4.88. The Bertz CT molecular complexity index is 1030. The highest BCUT2D eigenvalue weighted by molar-refractivity contribution is 6.33. The van der Waals surface area contributed by atoms with Crippen LogP contribution in [0.3, 0.4) is 0 Å². The van der Waals surface area contributed by atoms with Crippen molar-refractivity contribution in [3.8, 4) is 0 Å². The van der Waals surface area contributed by atoms with Crippen LogP contribution in [0.1, 0.15) is 5.56 Å². The maximum atomic E-state index is 11.9. The van der Waals surface area contributed by atoms with Crippen LogP contribution >= 0.6 is 11.6 Å². The second-order valence-corrected chi connectivity index (χ2v) is 5.28. The van der Waals surface area contributed by atoms with Crippen molar-refractivity contribution in [2.45, 2.75) is 0 Å². The van der Waals surface area contributed by atoms with Crippen LogP contribution in [0.15, 0.2) is 39.0 Å². The summed E-state index contributed by atoms with van der Waals surface area (Å²) in [6, 6.07) is 7.24. The van der Waals surface area contributed by atoms with Crippen molar-refractivity contribution in [2.24, 2.45) is 19.2 Å². The normalized spacial score (nSPS) is 11.4. The van der Waals surface area contributed by atoms with Crippen molar-refractivity contribution in [2.75, 3.05) is 5.43 Å². The maximum absolute atomic E-state index is 11.9. The molecule has 23 heavy (non-hydrogen) atoms. The highest BCUT2D eigenvalue weighted by Crippen LogP contribution is 2.14. The third-order valence-electron chi connectivity index (χ3n) is 3.41. The van der Waals surface area contributed by atoms with Gasteiger partial charge in [0.05, 0.1) is 6.21 Å². The van der Waals surface area contributed by atoms with Gasteiger partial charge in [0.15, 0.2) is 11.2 Å². The summed E-state index contributed by atoms with van der Waals surface area (Å²) in [6.45, 7) is 0. The van der Waals surface area contributed by atoms with Crippen LogP contribution in [0.25, 0.3) is 11.2 Å². The van der Waals surface area contributed by atoms with Crippen molar-refractivity contribution in [3.05, 3.63) is 55.7 Å². The molecular formula is C14H13ClN6O2. The monoisotopic (exact) mass is 332 g/mol. The number of nitrogens with zero attached hydrogens (tertiary/aromatic N) is 4. The topological polar surface area (TPSA) is 97.1 Å². The fraction of sp³-hybridized carbons (Fsp3) is 0.143. The molecule has 2 N–H and O–H groups in total. The molecule has 0 unspecified atom stereocenters. The Labute approximate surface area is 135 Å². The Hall–Kier alpha value is -2.87. The minimum Gasteiger partial charge on any atom is -0.306 e. The zero-order valence-electron chi connectivity index (χ0n) is 12.4. The molecule has 8 nitrogen and oxygen atoms in total. The van der Waals surface area contributed by atoms with E-state index in [1.54, 1.807) is 19.3 Å². The number of aromatic amines is 1. The molecule has 0 aliphatic rings. The standard InChI is InChI=1S/C14H13ClN6O2/c1-20-10-11(21(2)14(23)18-12(10)22)17-13(20)19-16-7-8-5-3-4-6-9(8)15/h3-7H,1-2H3,(H,17,19)(H,18,22,23). The van der Waals surface area contributed by atoms with Gasteiger partial charge in [0.2, 0.25) is 5.95 Å². The Morgan fingerprint density at radius 1 is 1.26 bits per heavy atom. The molecule has 9 heteroatoms. The zero-order valence-corrected chi connectivity index (χ0v) is 13.1. The van der Waals surface area contributed by atoms with Gasteiger partial charge in [0, 0.05) is 24.7 Å². The van der Waals surface area contributed by atoms with E-state index < -0.39 is 11.2 Å². The number of H-pyrrole nitrogens is 1. The van der Waals surface area contributed by atoms with Crippen LogP contribution in [-0.4, -0.2) is 25.3 Å². The van der Waals surface area contributed by atoms with Gasteiger partial charge in [-0.2, -0.15) is 10.1 Å². The Morgan fingerprint density at radius 2 is 2.00 bits per heavy atom. The van der Waals surface area contributed by atoms with Crippen LogP contribution in [0.4, 0.5) is 5.95 Å². The fourth-order valence-corrected chi connectivity index (χ4v) is 2.33. The quantitative estimate of drug-likeness (QED) is 0.553. The van der Waals surface area contributed by atoms with E-state index in [9.17, 15) is 9.59 Å². The van der Waals surface area contributed by atoms with E-state index in [0.717, 1.165) is 5.56 Å². The van der Waals surface area contributed by atoms with Crippen molar-refractivity contribution in [1.29, 1.82) is 0 Å². The molecule has 3 aromatic rings. The average molecular weight is 333 g/mol. The van der Waals surface area contributed by atoms with Gasteiger partial charge in [-0.15, -0.1) is 0 Å². The van der Waals surface area contributed by atoms with Crippen molar-refractivity contribution in [3.63, 3.8) is 0 Å². The molecule has 0 saturated carbocycles. The van der Waals surface area contributed by atoms with Gasteiger partial charge in [-0.25, -0.2) is 10.2 Å². The summed E-state index contributed by atoms with van der Waals surface area (Å²) >= 11 is 6.04. The summed E-state index contributed by atoms with van der Waals surface area (Å²) in [5.41, 5.74) is 3.02. The van der Waals surface area contributed by atoms with E-state index in [0.29, 0.717) is 11.0 Å². The van der Waals surface area contributed by atoms with Gasteiger partial charge >= 0.3 is 5.69 Å². The lowest BCUT2D eigenvalue weighted by atomic mass is 10.2. The van der Waals surface area contributed by atoms with E-state index in [2.05, 4.69) is 20.5 Å². The lowest BCUT2D eigenvalue weighted by molar-refractivity contribution is 0.829. The predicted molar refractivity (Wildman–Crippen MR) is 89.2 cm³/mol. The fourth-order valence-electron chi connectivity index (χ4n) is 2.15. The summed E-state index contributed by atoms with van der Waals surface area (Å²) in [7, 11) is 3.19. The van der Waals surface area contributed by atoms with Crippen molar-refractivity contribution in [1.82, 2.24) is 19.1 Å². The van der Waals surface area contributed by atoms with Gasteiger partial charge in [-0.1, -0.05) is 29.8 Å². The van der Waals surface area contributed by atoms with Crippen molar-refractivity contribution < 1.29 is 0 Å². The van der Waals surface area contributed by atoms with Crippen molar-refractivity contribution >= 4 is 34.9 Å². The summed E-state index contributed by atoms with van der Waals surface area (Å²) in [5, 5.41) is 4.64. The Balaban J connectivity index is 1.99. The SMILES string of the molecule is Cn1c(NN=Cc2ccccc2Cl)nc2c1c(=O)[nH]c(=O)n2C. The second kappa shape index (κ2) is 5.73. The summed E-state index contributed by atoms with van der Waals surface area (Å²) in [4.78, 5) is 30.0. The smallest absolute Gasteiger partial charge is 0.306 e. The number of hydrogen-bond donors (Lipinski definition) is 2. The highest BCUT2D eigenvalue weighted by Gasteiger charge is 2.14. The number of aryl methyl sites for hydroxylation is 2. The summed E-state index contributed by atoms with van der Waals surface area (Å²) in [5.74, 6) is 0.329. The number of rotatable bonds is 3. The van der Waals surface area contributed by atoms with E-state index in [4.69, 9.17) is 11.6 Å². The van der Waals surface area contributed by atoms with Gasteiger partial charge in [0.25, 0.3) is 5.56 Å². The highest BCUT2D eigenvalue weighted by atomic mass is 35.5. The van der Waals surface area contributed by atoms with Crippen LogP contribution in [-0.2, 0) is 14.1 Å². The molecule has 118 valence electrons. The lowest BCUT2D eigenvalue weighted by Gasteiger charge is -2.00. The first-order valence-electron chi connectivity index (χ1n) is 6.68. The molecule has 1 aromatic carbocycles. The molecule has 0 amide bonds. The van der Waals surface area contributed by atoms with E-state index in [1.165, 1.54) is 16.2 Å². The number of benzene rings is 1. The number of hydrogen-bond acceptors (Lipinski definition) is 5. The van der Waals surface area contributed by atoms with E-state index >= 15 is 0 Å². The molecule has 0 aliphatic heterocycles. The van der Waals surface area contributed by atoms with Crippen LogP contribution in [0, 0.1) is 0 Å². The van der Waals surface area contributed by atoms with E-state index in [1.807, 2.05) is 18.2 Å². The summed E-state index contributed by atoms with van der Waals surface area (Å²) in [6.07, 6.45) is 1.55. The number of fused-ring (bicyclic) bond motifs is 1. The Kier molecular flexibility index (Phi) is 3.75. The molecule has 0 fully saturated rings. The largest absolute Gasteiger partial charge is 0.329 e. The number of hydrazone groups is 1. The van der Waals surface area contributed by atoms with Crippen LogP contribution in [0.5, 0.6) is 0 Å². The predicted octanol–water partition coefficient (Wildman–Crippen LogP) is 1.06. The molecule has 2 aromatic heterocycles. The molecule has 3 rings (SSSR count). The number of halogens is 1. The van der Waals surface area contributed by atoms with Gasteiger partial charge in [-0.3, -0.25) is 14.3 Å².